The maximum Gasteiger partial charge on any atom is 0.260 e. The number of benzene rings is 1. The largest absolute Gasteiger partial charge is 0.397 e. The summed E-state index contributed by atoms with van der Waals surface area (Å²) < 4.78 is 0. The van der Waals surface area contributed by atoms with Gasteiger partial charge in [0.2, 0.25) is 0 Å². The summed E-state index contributed by atoms with van der Waals surface area (Å²) in [5.41, 5.74) is 14.5. The molecule has 0 unspecified atom stereocenters. The Morgan fingerprint density at radius 3 is 2.57 bits per heavy atom. The summed E-state index contributed by atoms with van der Waals surface area (Å²) in [5.74, 6) is -0.525. The minimum atomic E-state index is -0.525. The first-order valence-electron chi connectivity index (χ1n) is 6.22. The smallest absolute Gasteiger partial charge is 0.260 e. The van der Waals surface area contributed by atoms with Crippen LogP contribution >= 0.6 is 22.9 Å². The minimum absolute atomic E-state index is 0.355. The molecule has 0 radical (unpaired) electrons. The number of nitrogens with two attached hydrogens (primary N) is 2. The fourth-order valence-electron chi connectivity index (χ4n) is 2.26. The Morgan fingerprint density at radius 2 is 1.95 bits per heavy atom. The van der Waals surface area contributed by atoms with Crippen LogP contribution in [0, 0.1) is 6.92 Å². The highest BCUT2D eigenvalue weighted by atomic mass is 35.5. The van der Waals surface area contributed by atoms with E-state index in [1.54, 1.807) is 0 Å². The number of aromatic nitrogens is 1. The van der Waals surface area contributed by atoms with Gasteiger partial charge in [-0.05, 0) is 30.7 Å². The van der Waals surface area contributed by atoms with Gasteiger partial charge in [-0.3, -0.25) is 4.79 Å². The van der Waals surface area contributed by atoms with Gasteiger partial charge in [0.25, 0.3) is 5.91 Å². The zero-order valence-corrected chi connectivity index (χ0v) is 12.8. The second kappa shape index (κ2) is 5.02. The molecule has 21 heavy (non-hydrogen) atoms. The number of anilines is 1. The van der Waals surface area contributed by atoms with Gasteiger partial charge < -0.3 is 11.5 Å². The first-order valence-corrected chi connectivity index (χ1v) is 7.42. The summed E-state index contributed by atoms with van der Waals surface area (Å²) in [6.45, 7) is 1.94. The van der Waals surface area contributed by atoms with E-state index in [0.717, 1.165) is 22.2 Å². The van der Waals surface area contributed by atoms with Gasteiger partial charge in [0.05, 0.1) is 11.4 Å². The van der Waals surface area contributed by atoms with Gasteiger partial charge in [0.15, 0.2) is 0 Å². The molecular formula is C15H12ClN3OS. The highest BCUT2D eigenvalue weighted by Gasteiger charge is 2.17. The molecule has 2 aromatic heterocycles. The zero-order valence-electron chi connectivity index (χ0n) is 11.2. The Morgan fingerprint density at radius 1 is 1.29 bits per heavy atom. The van der Waals surface area contributed by atoms with Crippen molar-refractivity contribution in [3.05, 3.63) is 45.8 Å². The third kappa shape index (κ3) is 2.34. The predicted molar refractivity (Wildman–Crippen MR) is 87.7 cm³/mol. The normalized spacial score (nSPS) is 11.0. The maximum atomic E-state index is 11.4. The van der Waals surface area contributed by atoms with Crippen molar-refractivity contribution in [1.29, 1.82) is 0 Å². The Labute approximate surface area is 130 Å². The first kappa shape index (κ1) is 13.9. The molecule has 6 heteroatoms. The lowest BCUT2D eigenvalue weighted by Crippen LogP contribution is -2.10. The Kier molecular flexibility index (Phi) is 3.31. The van der Waals surface area contributed by atoms with Gasteiger partial charge in [0.1, 0.15) is 9.71 Å². The van der Waals surface area contributed by atoms with E-state index >= 15 is 0 Å². The van der Waals surface area contributed by atoms with E-state index in [9.17, 15) is 4.79 Å². The molecular weight excluding hydrogens is 306 g/mol. The molecule has 4 N–H and O–H groups in total. The first-order chi connectivity index (χ1) is 9.97. The number of hydrogen-bond donors (Lipinski definition) is 2. The molecule has 0 aliphatic heterocycles. The predicted octanol–water partition coefficient (Wildman–Crippen LogP) is 3.61. The number of fused-ring (bicyclic) bond motifs is 1. The lowest BCUT2D eigenvalue weighted by Gasteiger charge is -2.04. The molecule has 3 rings (SSSR count). The number of pyridine rings is 1. The zero-order chi connectivity index (χ0) is 15.1. The van der Waals surface area contributed by atoms with E-state index < -0.39 is 5.91 Å². The van der Waals surface area contributed by atoms with E-state index in [2.05, 4.69) is 4.98 Å². The summed E-state index contributed by atoms with van der Waals surface area (Å²) >= 11 is 7.12. The van der Waals surface area contributed by atoms with Crippen LogP contribution in [0.5, 0.6) is 0 Å². The molecule has 0 saturated heterocycles. The molecule has 0 bridgehead atoms. The molecule has 1 amide bonds. The number of halogens is 1. The van der Waals surface area contributed by atoms with Crippen molar-refractivity contribution in [2.24, 2.45) is 5.73 Å². The van der Waals surface area contributed by atoms with Crippen molar-refractivity contribution in [2.75, 3.05) is 5.73 Å². The van der Waals surface area contributed by atoms with Crippen molar-refractivity contribution >= 4 is 44.7 Å². The second-order valence-electron chi connectivity index (χ2n) is 4.72. The number of nitrogen functional groups attached to an aromatic ring is 1. The fourth-order valence-corrected chi connectivity index (χ4v) is 3.41. The van der Waals surface area contributed by atoms with Crippen LogP contribution in [0.1, 0.15) is 15.2 Å². The lowest BCUT2D eigenvalue weighted by atomic mass is 10.1. The Hall–Kier alpha value is -2.11. The molecule has 0 aliphatic carbocycles. The van der Waals surface area contributed by atoms with Gasteiger partial charge in [-0.1, -0.05) is 23.7 Å². The van der Waals surface area contributed by atoms with Crippen molar-refractivity contribution in [3.63, 3.8) is 0 Å². The van der Waals surface area contributed by atoms with Gasteiger partial charge >= 0.3 is 0 Å². The average Bonchev–Trinajstić information content (AvgIpc) is 2.77. The van der Waals surface area contributed by atoms with Crippen LogP contribution in [-0.2, 0) is 0 Å². The van der Waals surface area contributed by atoms with Gasteiger partial charge in [0, 0.05) is 16.0 Å². The molecule has 0 fully saturated rings. The van der Waals surface area contributed by atoms with Crippen LogP contribution in [0.3, 0.4) is 0 Å². The van der Waals surface area contributed by atoms with Gasteiger partial charge in [-0.15, -0.1) is 11.3 Å². The number of carbonyl (C=O) groups is 1. The van der Waals surface area contributed by atoms with Crippen LogP contribution in [0.25, 0.3) is 21.5 Å². The van der Waals surface area contributed by atoms with Gasteiger partial charge in [-0.2, -0.15) is 0 Å². The summed E-state index contributed by atoms with van der Waals surface area (Å²) in [6, 6.07) is 9.38. The number of carbonyl (C=O) groups excluding carboxylic acids is 1. The number of rotatable bonds is 2. The third-order valence-corrected chi connectivity index (χ3v) is 4.63. The molecule has 0 aliphatic rings. The van der Waals surface area contributed by atoms with Crippen molar-refractivity contribution in [3.8, 4) is 11.3 Å². The maximum absolute atomic E-state index is 11.4. The monoisotopic (exact) mass is 317 g/mol. The molecule has 106 valence electrons. The van der Waals surface area contributed by atoms with Crippen LogP contribution in [-0.4, -0.2) is 10.9 Å². The van der Waals surface area contributed by atoms with Crippen LogP contribution < -0.4 is 11.5 Å². The molecule has 4 nitrogen and oxygen atoms in total. The Balaban J connectivity index is 2.23. The third-order valence-electron chi connectivity index (χ3n) is 3.26. The van der Waals surface area contributed by atoms with Crippen molar-refractivity contribution in [1.82, 2.24) is 4.98 Å². The number of thiophene rings is 1. The highest BCUT2D eigenvalue weighted by Crippen LogP contribution is 2.36. The van der Waals surface area contributed by atoms with Crippen LogP contribution in [0.15, 0.2) is 30.3 Å². The van der Waals surface area contributed by atoms with E-state index in [1.807, 2.05) is 37.3 Å². The molecule has 0 atom stereocenters. The number of amides is 1. The quantitative estimate of drug-likeness (QED) is 0.757. The summed E-state index contributed by atoms with van der Waals surface area (Å²) in [7, 11) is 0. The molecule has 0 saturated carbocycles. The summed E-state index contributed by atoms with van der Waals surface area (Å²) in [5, 5.41) is 1.47. The minimum Gasteiger partial charge on any atom is -0.397 e. The summed E-state index contributed by atoms with van der Waals surface area (Å²) in [4.78, 5) is 17.1. The van der Waals surface area contributed by atoms with E-state index in [-0.39, 0.29) is 0 Å². The number of primary amides is 1. The highest BCUT2D eigenvalue weighted by molar-refractivity contribution is 7.21. The van der Waals surface area contributed by atoms with Crippen molar-refractivity contribution < 1.29 is 4.79 Å². The average molecular weight is 318 g/mol. The SMILES string of the molecule is Cc1cc(-c2ccc(Cl)cc2)nc2sc(C(N)=O)c(N)c12. The van der Waals surface area contributed by atoms with E-state index in [0.29, 0.717) is 20.4 Å². The van der Waals surface area contributed by atoms with E-state index in [4.69, 9.17) is 23.1 Å². The second-order valence-corrected chi connectivity index (χ2v) is 6.16. The molecule has 3 aromatic rings. The Bertz CT molecular complexity index is 855. The van der Waals surface area contributed by atoms with E-state index in [1.165, 1.54) is 11.3 Å². The van der Waals surface area contributed by atoms with Crippen LogP contribution in [0.4, 0.5) is 5.69 Å². The number of aryl methyl sites for hydroxylation is 1. The summed E-state index contributed by atoms with van der Waals surface area (Å²) in [6.07, 6.45) is 0. The molecule has 0 spiro atoms. The van der Waals surface area contributed by atoms with Gasteiger partial charge in [-0.25, -0.2) is 4.98 Å². The lowest BCUT2D eigenvalue weighted by molar-refractivity contribution is 0.100. The van der Waals surface area contributed by atoms with Crippen molar-refractivity contribution in [2.45, 2.75) is 6.92 Å². The topological polar surface area (TPSA) is 82.0 Å². The number of nitrogens with zero attached hydrogens (tertiary/aromatic N) is 1. The van der Waals surface area contributed by atoms with Crippen LogP contribution in [0.2, 0.25) is 5.02 Å². The molecule has 2 heterocycles. The fraction of sp³-hybridized carbons (Fsp3) is 0.0667. The number of hydrogen-bond acceptors (Lipinski definition) is 4. The molecule has 1 aromatic carbocycles. The standard InChI is InChI=1S/C15H12ClN3OS/c1-7-6-10(8-2-4-9(16)5-3-8)19-15-11(7)12(17)13(21-15)14(18)20/h2-6H,17H2,1H3,(H2,18,20).